The van der Waals surface area contributed by atoms with Gasteiger partial charge in [-0.25, -0.2) is 4.98 Å². The first-order valence-electron chi connectivity index (χ1n) is 7.59. The van der Waals surface area contributed by atoms with Crippen molar-refractivity contribution in [1.82, 2.24) is 14.3 Å². The Balaban J connectivity index is 1.68. The molecule has 4 heteroatoms. The van der Waals surface area contributed by atoms with Crippen LogP contribution < -0.4 is 5.73 Å². The molecule has 0 bridgehead atoms. The van der Waals surface area contributed by atoms with E-state index in [1.807, 2.05) is 24.5 Å². The van der Waals surface area contributed by atoms with Gasteiger partial charge < -0.3 is 15.0 Å². The van der Waals surface area contributed by atoms with Gasteiger partial charge in [0, 0.05) is 24.3 Å². The predicted octanol–water partition coefficient (Wildman–Crippen LogP) is 2.58. The second-order valence-corrected chi connectivity index (χ2v) is 6.21. The molecule has 4 nitrogen and oxygen atoms in total. The monoisotopic (exact) mass is 272 g/mol. The number of likely N-dealkylation sites (tertiary alicyclic amines) is 1. The zero-order valence-electron chi connectivity index (χ0n) is 12.4. The summed E-state index contributed by atoms with van der Waals surface area (Å²) in [6.07, 6.45) is 7.60. The van der Waals surface area contributed by atoms with E-state index in [0.29, 0.717) is 6.04 Å². The van der Waals surface area contributed by atoms with Crippen LogP contribution in [0.15, 0.2) is 24.5 Å². The molecule has 20 heavy (non-hydrogen) atoms. The fraction of sp³-hybridized carbons (Fsp3) is 0.562. The number of nitrogens with zero attached hydrogens (tertiary/aromatic N) is 3. The number of hydrogen-bond donors (Lipinski definition) is 1. The number of piperidine rings is 1. The number of pyridine rings is 1. The Morgan fingerprint density at radius 3 is 2.80 bits per heavy atom. The summed E-state index contributed by atoms with van der Waals surface area (Å²) >= 11 is 0. The summed E-state index contributed by atoms with van der Waals surface area (Å²) in [5, 5.41) is 0. The first-order valence-corrected chi connectivity index (χ1v) is 7.59. The molecule has 3 rings (SSSR count). The van der Waals surface area contributed by atoms with Gasteiger partial charge in [-0.05, 0) is 57.8 Å². The molecule has 0 atom stereocenters. The molecule has 0 saturated carbocycles. The Hall–Kier alpha value is -1.55. The van der Waals surface area contributed by atoms with E-state index in [1.54, 1.807) is 0 Å². The van der Waals surface area contributed by atoms with Gasteiger partial charge in [0.05, 0.1) is 11.7 Å². The first-order chi connectivity index (χ1) is 9.63. The molecule has 0 aliphatic carbocycles. The summed E-state index contributed by atoms with van der Waals surface area (Å²) in [6, 6.07) is 4.60. The largest absolute Gasteiger partial charge is 0.399 e. The second kappa shape index (κ2) is 5.44. The summed E-state index contributed by atoms with van der Waals surface area (Å²) in [4.78, 5) is 7.15. The fourth-order valence-electron chi connectivity index (χ4n) is 3.16. The number of anilines is 1. The molecular formula is C16H24N4. The SMILES string of the molecule is CC(C)N1CCC(Cc2ncc3cc(N)ccn23)CC1. The van der Waals surface area contributed by atoms with Gasteiger partial charge in [-0.2, -0.15) is 0 Å². The van der Waals surface area contributed by atoms with Gasteiger partial charge in [-0.15, -0.1) is 0 Å². The molecule has 0 aromatic carbocycles. The lowest BCUT2D eigenvalue weighted by Gasteiger charge is -2.34. The molecule has 2 aromatic rings. The summed E-state index contributed by atoms with van der Waals surface area (Å²) < 4.78 is 2.17. The highest BCUT2D eigenvalue weighted by Gasteiger charge is 2.22. The van der Waals surface area contributed by atoms with Crippen molar-refractivity contribution in [1.29, 1.82) is 0 Å². The lowest BCUT2D eigenvalue weighted by molar-refractivity contribution is 0.148. The van der Waals surface area contributed by atoms with Crippen molar-refractivity contribution in [3.63, 3.8) is 0 Å². The van der Waals surface area contributed by atoms with Crippen LogP contribution in [0.2, 0.25) is 0 Å². The van der Waals surface area contributed by atoms with Gasteiger partial charge >= 0.3 is 0 Å². The van der Waals surface area contributed by atoms with Crippen LogP contribution in [0.1, 0.15) is 32.5 Å². The van der Waals surface area contributed by atoms with E-state index in [0.717, 1.165) is 23.5 Å². The zero-order valence-corrected chi connectivity index (χ0v) is 12.4. The van der Waals surface area contributed by atoms with E-state index < -0.39 is 0 Å². The molecule has 3 heterocycles. The van der Waals surface area contributed by atoms with Gasteiger partial charge in [0.15, 0.2) is 0 Å². The fourth-order valence-corrected chi connectivity index (χ4v) is 3.16. The minimum absolute atomic E-state index is 0.672. The van der Waals surface area contributed by atoms with Crippen LogP contribution in [0.5, 0.6) is 0 Å². The quantitative estimate of drug-likeness (QED) is 0.934. The van der Waals surface area contributed by atoms with E-state index in [2.05, 4.69) is 28.1 Å². The average Bonchev–Trinajstić information content (AvgIpc) is 2.81. The van der Waals surface area contributed by atoms with E-state index in [9.17, 15) is 0 Å². The number of nitrogen functional groups attached to an aromatic ring is 1. The van der Waals surface area contributed by atoms with Crippen LogP contribution in [-0.2, 0) is 6.42 Å². The molecule has 1 aliphatic heterocycles. The number of hydrogen-bond acceptors (Lipinski definition) is 3. The first kappa shape index (κ1) is 13.4. The third-order valence-electron chi connectivity index (χ3n) is 4.48. The van der Waals surface area contributed by atoms with Crippen molar-refractivity contribution in [3.8, 4) is 0 Å². The summed E-state index contributed by atoms with van der Waals surface area (Å²) in [6.45, 7) is 7.01. The third kappa shape index (κ3) is 2.66. The number of rotatable bonds is 3. The smallest absolute Gasteiger partial charge is 0.113 e. The molecule has 1 saturated heterocycles. The highest BCUT2D eigenvalue weighted by molar-refractivity contribution is 5.55. The molecule has 2 N–H and O–H groups in total. The lowest BCUT2D eigenvalue weighted by atomic mass is 9.92. The zero-order chi connectivity index (χ0) is 14.1. The average molecular weight is 272 g/mol. The normalized spacial score (nSPS) is 18.1. The lowest BCUT2D eigenvalue weighted by Crippen LogP contribution is -2.38. The van der Waals surface area contributed by atoms with Gasteiger partial charge in [0.1, 0.15) is 5.82 Å². The van der Waals surface area contributed by atoms with Crippen molar-refractivity contribution in [3.05, 3.63) is 30.4 Å². The highest BCUT2D eigenvalue weighted by atomic mass is 15.1. The maximum Gasteiger partial charge on any atom is 0.113 e. The topological polar surface area (TPSA) is 46.6 Å². The van der Waals surface area contributed by atoms with Crippen molar-refractivity contribution in [2.75, 3.05) is 18.8 Å². The standard InChI is InChI=1S/C16H24N4/c1-12(2)19-6-3-13(4-7-19)9-16-18-11-15-10-14(17)5-8-20(15)16/h5,8,10-13H,3-4,6-7,9,17H2,1-2H3. The summed E-state index contributed by atoms with van der Waals surface area (Å²) in [5.41, 5.74) is 7.71. The van der Waals surface area contributed by atoms with Crippen LogP contribution >= 0.6 is 0 Å². The van der Waals surface area contributed by atoms with Gasteiger partial charge in [-0.3, -0.25) is 0 Å². The van der Waals surface area contributed by atoms with Gasteiger partial charge in [0.2, 0.25) is 0 Å². The Bertz CT molecular complexity index is 579. The molecule has 2 aromatic heterocycles. The van der Waals surface area contributed by atoms with E-state index in [-0.39, 0.29) is 0 Å². The molecule has 0 amide bonds. The van der Waals surface area contributed by atoms with Crippen LogP contribution in [0.4, 0.5) is 5.69 Å². The third-order valence-corrected chi connectivity index (χ3v) is 4.48. The number of fused-ring (bicyclic) bond motifs is 1. The van der Waals surface area contributed by atoms with Gasteiger partial charge in [0.25, 0.3) is 0 Å². The van der Waals surface area contributed by atoms with Crippen LogP contribution in [0.25, 0.3) is 5.52 Å². The molecule has 0 radical (unpaired) electrons. The van der Waals surface area contributed by atoms with Crippen LogP contribution in [-0.4, -0.2) is 33.4 Å². The summed E-state index contributed by atoms with van der Waals surface area (Å²) in [5.74, 6) is 1.93. The Labute approximate surface area is 120 Å². The molecule has 0 unspecified atom stereocenters. The van der Waals surface area contributed by atoms with Crippen molar-refractivity contribution in [2.24, 2.45) is 5.92 Å². The molecule has 1 aliphatic rings. The molecule has 108 valence electrons. The Morgan fingerprint density at radius 2 is 2.10 bits per heavy atom. The minimum Gasteiger partial charge on any atom is -0.399 e. The van der Waals surface area contributed by atoms with Crippen molar-refractivity contribution in [2.45, 2.75) is 39.2 Å². The molecular weight excluding hydrogens is 248 g/mol. The minimum atomic E-state index is 0.672. The van der Waals surface area contributed by atoms with E-state index in [1.165, 1.54) is 31.8 Å². The second-order valence-electron chi connectivity index (χ2n) is 6.21. The number of aromatic nitrogens is 2. The Kier molecular flexibility index (Phi) is 3.66. The highest BCUT2D eigenvalue weighted by Crippen LogP contribution is 2.23. The maximum atomic E-state index is 5.81. The van der Waals surface area contributed by atoms with E-state index in [4.69, 9.17) is 5.73 Å². The van der Waals surface area contributed by atoms with Gasteiger partial charge in [-0.1, -0.05) is 0 Å². The van der Waals surface area contributed by atoms with Crippen LogP contribution in [0, 0.1) is 5.92 Å². The van der Waals surface area contributed by atoms with E-state index >= 15 is 0 Å². The molecule has 1 fully saturated rings. The van der Waals surface area contributed by atoms with Crippen molar-refractivity contribution < 1.29 is 0 Å². The number of imidazole rings is 1. The van der Waals surface area contributed by atoms with Crippen LogP contribution in [0.3, 0.4) is 0 Å². The predicted molar refractivity (Wildman–Crippen MR) is 82.7 cm³/mol. The van der Waals surface area contributed by atoms with Crippen molar-refractivity contribution >= 4 is 11.2 Å². The maximum absolute atomic E-state index is 5.81. The Morgan fingerprint density at radius 1 is 1.35 bits per heavy atom. The number of nitrogens with two attached hydrogens (primary N) is 1. The molecule has 0 spiro atoms. The summed E-state index contributed by atoms with van der Waals surface area (Å²) in [7, 11) is 0.